The van der Waals surface area contributed by atoms with Crippen molar-refractivity contribution in [2.45, 2.75) is 50.5 Å². The predicted molar refractivity (Wildman–Crippen MR) is 100 cm³/mol. The summed E-state index contributed by atoms with van der Waals surface area (Å²) in [5.74, 6) is -0.0696. The lowest BCUT2D eigenvalue weighted by Gasteiger charge is -2.48. The average Bonchev–Trinajstić information content (AvgIpc) is 2.91. The van der Waals surface area contributed by atoms with Crippen LogP contribution in [0.2, 0.25) is 0 Å². The van der Waals surface area contributed by atoms with E-state index in [9.17, 15) is 9.59 Å². The van der Waals surface area contributed by atoms with Crippen molar-refractivity contribution < 1.29 is 9.59 Å². The van der Waals surface area contributed by atoms with E-state index in [-0.39, 0.29) is 22.8 Å². The Kier molecular flexibility index (Phi) is 5.32. The van der Waals surface area contributed by atoms with E-state index in [1.54, 1.807) is 0 Å². The Bertz CT molecular complexity index is 651. The highest BCUT2D eigenvalue weighted by molar-refractivity contribution is 5.79. The van der Waals surface area contributed by atoms with E-state index in [1.165, 1.54) is 0 Å². The van der Waals surface area contributed by atoms with Crippen LogP contribution in [-0.4, -0.2) is 53.8 Å². The van der Waals surface area contributed by atoms with Crippen LogP contribution < -0.4 is 5.73 Å². The van der Waals surface area contributed by atoms with Crippen molar-refractivity contribution in [1.82, 2.24) is 14.8 Å². The first-order valence-corrected chi connectivity index (χ1v) is 9.52. The summed E-state index contributed by atoms with van der Waals surface area (Å²) in [5.41, 5.74) is 6.37. The first kappa shape index (κ1) is 18.8. The number of carbonyl (C=O) groups excluding carboxylic acids is 2. The number of carbonyl (C=O) groups is 2. The normalized spacial score (nSPS) is 28.9. The van der Waals surface area contributed by atoms with Crippen LogP contribution in [0.4, 0.5) is 0 Å². The van der Waals surface area contributed by atoms with Gasteiger partial charge in [0.25, 0.3) is 0 Å². The summed E-state index contributed by atoms with van der Waals surface area (Å²) < 4.78 is 0. The molecule has 1 spiro atoms. The minimum atomic E-state index is -0.296. The van der Waals surface area contributed by atoms with Gasteiger partial charge in [-0.2, -0.15) is 0 Å². The molecule has 6 nitrogen and oxygen atoms in total. The van der Waals surface area contributed by atoms with Gasteiger partial charge in [0.15, 0.2) is 0 Å². The van der Waals surface area contributed by atoms with E-state index in [2.05, 4.69) is 36.1 Å². The number of amides is 2. The first-order chi connectivity index (χ1) is 12.4. The van der Waals surface area contributed by atoms with E-state index in [1.807, 2.05) is 17.2 Å². The predicted octanol–water partition coefficient (Wildman–Crippen LogP) is 1.90. The minimum absolute atomic E-state index is 0.0467. The maximum Gasteiger partial charge on any atom is 0.223 e. The third kappa shape index (κ3) is 3.61. The van der Waals surface area contributed by atoms with Gasteiger partial charge < -0.3 is 10.6 Å². The van der Waals surface area contributed by atoms with Crippen LogP contribution in [0.25, 0.3) is 0 Å². The first-order valence-electron chi connectivity index (χ1n) is 9.52. The zero-order chi connectivity index (χ0) is 18.8. The molecule has 142 valence electrons. The molecule has 2 amide bonds. The lowest BCUT2D eigenvalue weighted by molar-refractivity contribution is -0.128. The summed E-state index contributed by atoms with van der Waals surface area (Å²) in [6.07, 6.45) is 7.59. The van der Waals surface area contributed by atoms with Gasteiger partial charge >= 0.3 is 0 Å². The maximum absolute atomic E-state index is 12.5. The molecule has 0 aromatic carbocycles. The van der Waals surface area contributed by atoms with E-state index >= 15 is 0 Å². The molecule has 1 aliphatic heterocycles. The number of rotatable bonds is 6. The molecule has 1 saturated heterocycles. The van der Waals surface area contributed by atoms with Gasteiger partial charge in [-0.25, -0.2) is 0 Å². The van der Waals surface area contributed by atoms with Gasteiger partial charge in [0.05, 0.1) is 11.2 Å². The molecule has 2 aliphatic rings. The molecule has 1 aromatic rings. The molecule has 3 rings (SSSR count). The lowest BCUT2D eigenvalue weighted by Crippen LogP contribution is -2.48. The highest BCUT2D eigenvalue weighted by Crippen LogP contribution is 2.51. The van der Waals surface area contributed by atoms with E-state index in [4.69, 9.17) is 5.73 Å². The Labute approximate surface area is 155 Å². The number of pyridine rings is 1. The third-order valence-electron chi connectivity index (χ3n) is 6.39. The van der Waals surface area contributed by atoms with Crippen molar-refractivity contribution in [3.63, 3.8) is 0 Å². The fourth-order valence-corrected chi connectivity index (χ4v) is 4.73. The third-order valence-corrected chi connectivity index (χ3v) is 6.39. The fourth-order valence-electron chi connectivity index (χ4n) is 4.73. The van der Waals surface area contributed by atoms with Gasteiger partial charge in [-0.3, -0.25) is 19.5 Å². The Hall–Kier alpha value is -1.95. The van der Waals surface area contributed by atoms with Gasteiger partial charge in [0, 0.05) is 32.1 Å². The van der Waals surface area contributed by atoms with E-state index in [0.29, 0.717) is 25.8 Å². The van der Waals surface area contributed by atoms with Crippen LogP contribution in [0, 0.1) is 5.41 Å². The van der Waals surface area contributed by atoms with Crippen molar-refractivity contribution in [2.24, 2.45) is 11.1 Å². The van der Waals surface area contributed by atoms with Crippen LogP contribution >= 0.6 is 0 Å². The second-order valence-corrected chi connectivity index (χ2v) is 8.20. The molecule has 0 atom stereocenters. The van der Waals surface area contributed by atoms with Crippen LogP contribution in [0.3, 0.4) is 0 Å². The standard InChI is InChI=1S/C20H30N4O2/c1-23(2)20(16-6-3-4-12-22-16)10-8-19(9-11-20)14-18(26)24(15-19)13-5-7-17(21)25/h3-4,6,12H,5,7-11,13-15H2,1-2H3,(H2,21,25)/t19-,20-. The number of nitrogens with zero attached hydrogens (tertiary/aromatic N) is 3. The lowest BCUT2D eigenvalue weighted by atomic mass is 9.65. The Morgan fingerprint density at radius 2 is 2.00 bits per heavy atom. The molecule has 0 bridgehead atoms. The topological polar surface area (TPSA) is 79.5 Å². The van der Waals surface area contributed by atoms with E-state index < -0.39 is 0 Å². The number of nitrogens with two attached hydrogens (primary N) is 1. The summed E-state index contributed by atoms with van der Waals surface area (Å²) in [6.45, 7) is 1.46. The number of likely N-dealkylation sites (tertiary alicyclic amines) is 1. The molecule has 6 heteroatoms. The average molecular weight is 358 g/mol. The van der Waals surface area contributed by atoms with Crippen LogP contribution in [-0.2, 0) is 15.1 Å². The molecule has 0 radical (unpaired) electrons. The molecule has 26 heavy (non-hydrogen) atoms. The summed E-state index contributed by atoms with van der Waals surface area (Å²) in [4.78, 5) is 32.3. The number of hydrogen-bond acceptors (Lipinski definition) is 4. The molecule has 1 aromatic heterocycles. The molecular formula is C20H30N4O2. The second kappa shape index (κ2) is 7.35. The summed E-state index contributed by atoms with van der Waals surface area (Å²) in [7, 11) is 4.26. The van der Waals surface area contributed by atoms with Gasteiger partial charge in [0.1, 0.15) is 0 Å². The van der Waals surface area contributed by atoms with Gasteiger partial charge in [-0.05, 0) is 63.7 Å². The van der Waals surface area contributed by atoms with Gasteiger partial charge in [0.2, 0.25) is 11.8 Å². The SMILES string of the molecule is CN(C)[C@]1(c2ccccn2)CC[C@@]2(CC1)CC(=O)N(CCCC(N)=O)C2. The van der Waals surface area contributed by atoms with Crippen molar-refractivity contribution in [2.75, 3.05) is 27.2 Å². The van der Waals surface area contributed by atoms with Crippen LogP contribution in [0.5, 0.6) is 0 Å². The van der Waals surface area contributed by atoms with Gasteiger partial charge in [-0.15, -0.1) is 0 Å². The van der Waals surface area contributed by atoms with Crippen molar-refractivity contribution in [3.8, 4) is 0 Å². The molecular weight excluding hydrogens is 328 g/mol. The Balaban J connectivity index is 1.67. The summed E-state index contributed by atoms with van der Waals surface area (Å²) >= 11 is 0. The van der Waals surface area contributed by atoms with Crippen LogP contribution in [0.1, 0.15) is 50.6 Å². The number of aromatic nitrogens is 1. The maximum atomic E-state index is 12.5. The fraction of sp³-hybridized carbons (Fsp3) is 0.650. The highest BCUT2D eigenvalue weighted by atomic mass is 16.2. The summed E-state index contributed by atoms with van der Waals surface area (Å²) in [6, 6.07) is 6.13. The second-order valence-electron chi connectivity index (χ2n) is 8.20. The number of hydrogen-bond donors (Lipinski definition) is 1. The molecule has 0 unspecified atom stereocenters. The summed E-state index contributed by atoms with van der Waals surface area (Å²) in [5, 5.41) is 0. The Morgan fingerprint density at radius 3 is 2.58 bits per heavy atom. The zero-order valence-corrected chi connectivity index (χ0v) is 15.9. The highest BCUT2D eigenvalue weighted by Gasteiger charge is 2.50. The molecule has 1 aliphatic carbocycles. The molecule has 1 saturated carbocycles. The van der Waals surface area contributed by atoms with Crippen LogP contribution in [0.15, 0.2) is 24.4 Å². The molecule has 2 N–H and O–H groups in total. The molecule has 2 fully saturated rings. The number of primary amides is 1. The monoisotopic (exact) mass is 358 g/mol. The molecule has 2 heterocycles. The largest absolute Gasteiger partial charge is 0.370 e. The van der Waals surface area contributed by atoms with Crippen molar-refractivity contribution in [3.05, 3.63) is 30.1 Å². The van der Waals surface area contributed by atoms with Crippen molar-refractivity contribution >= 4 is 11.8 Å². The van der Waals surface area contributed by atoms with E-state index in [0.717, 1.165) is 37.9 Å². The Morgan fingerprint density at radius 1 is 1.27 bits per heavy atom. The quantitative estimate of drug-likeness (QED) is 0.842. The smallest absolute Gasteiger partial charge is 0.223 e. The van der Waals surface area contributed by atoms with Gasteiger partial charge in [-0.1, -0.05) is 6.07 Å². The van der Waals surface area contributed by atoms with Crippen molar-refractivity contribution in [1.29, 1.82) is 0 Å². The zero-order valence-electron chi connectivity index (χ0n) is 15.9. The minimum Gasteiger partial charge on any atom is -0.370 e.